The van der Waals surface area contributed by atoms with Crippen molar-refractivity contribution in [1.29, 1.82) is 0 Å². The first kappa shape index (κ1) is 57.1. The Morgan fingerprint density at radius 2 is 1.16 bits per heavy atom. The average molecular weight is 984 g/mol. The van der Waals surface area contributed by atoms with Crippen LogP contribution in [0.25, 0.3) is 11.1 Å². The first-order valence-electron chi connectivity index (χ1n) is 19.2. The minimum absolute atomic E-state index is 0.111. The fourth-order valence-electron chi connectivity index (χ4n) is 6.33. The quantitative estimate of drug-likeness (QED) is 0.124. The van der Waals surface area contributed by atoms with Gasteiger partial charge in [-0.25, -0.2) is 23.6 Å². The summed E-state index contributed by atoms with van der Waals surface area (Å²) in [4.78, 5) is 53.5. The maximum absolute atomic E-state index is 14.9. The summed E-state index contributed by atoms with van der Waals surface area (Å²) in [5, 5.41) is 38.5. The molecule has 3 atom stereocenters. The van der Waals surface area contributed by atoms with Crippen LogP contribution in [-0.4, -0.2) is 136 Å². The van der Waals surface area contributed by atoms with Crippen molar-refractivity contribution in [1.82, 2.24) is 25.8 Å². The number of hydrogen-bond donors (Lipinski definition) is 7. The van der Waals surface area contributed by atoms with Crippen LogP contribution in [0, 0.1) is 5.82 Å². The highest BCUT2D eigenvalue weighted by Gasteiger charge is 2.40. The van der Waals surface area contributed by atoms with E-state index in [1.165, 1.54) is 18.1 Å². The number of piperazine rings is 2. The molecule has 3 saturated heterocycles. The topological polar surface area (TPSA) is 209 Å². The summed E-state index contributed by atoms with van der Waals surface area (Å²) in [5.41, 5.74) is 5.30. The summed E-state index contributed by atoms with van der Waals surface area (Å²) >= 11 is 0. The summed E-state index contributed by atoms with van der Waals surface area (Å²) in [6.45, 7) is 9.42. The predicted molar refractivity (Wildman–Crippen MR) is 208 cm³/mol. The highest BCUT2D eigenvalue weighted by molar-refractivity contribution is 5.94. The third kappa shape index (κ3) is 20.6. The molecule has 3 aliphatic rings. The molecule has 0 spiro atoms. The van der Waals surface area contributed by atoms with Crippen LogP contribution in [0.15, 0.2) is 66.7 Å². The minimum atomic E-state index is -5.08. The number of amides is 1. The van der Waals surface area contributed by atoms with E-state index in [0.29, 0.717) is 35.8 Å². The second kappa shape index (κ2) is 24.6. The number of alkyl halides is 12. The van der Waals surface area contributed by atoms with Gasteiger partial charge in [-0.3, -0.25) is 14.6 Å². The van der Waals surface area contributed by atoms with E-state index in [2.05, 4.69) is 50.9 Å². The number of hydrogen-bond acceptors (Lipinski definition) is 9. The lowest BCUT2D eigenvalue weighted by atomic mass is 10.00. The first-order valence-corrected chi connectivity index (χ1v) is 19.2. The van der Waals surface area contributed by atoms with Crippen molar-refractivity contribution >= 4 is 29.8 Å². The lowest BCUT2D eigenvalue weighted by Crippen LogP contribution is -2.48. The van der Waals surface area contributed by atoms with E-state index < -0.39 is 48.6 Å². The molecular formula is C40H42F13N5O9. The Labute approximate surface area is 371 Å². The third-order valence-corrected chi connectivity index (χ3v) is 9.30. The standard InChI is InChI=1S/C32H38FN5O.4C2HF3O2/c1-22-18-37(11-10-34-22)19-24-4-2-6-26(12-24)30-14-23(8-9-31(30)33)16-36-32(39)27-7-3-5-25(13-27)20-38-21-28-15-29(38)17-35-28;4*3-2(4,5)1(6)7/h2-9,12-14,22,28-29,34-35H,10-11,15-21H2,1H3,(H,36,39);4*(H,6,7)/t22-,28-,29-;;;;/m0..../s1. The van der Waals surface area contributed by atoms with Gasteiger partial charge in [0.25, 0.3) is 5.91 Å². The van der Waals surface area contributed by atoms with Crippen LogP contribution in [0.4, 0.5) is 57.1 Å². The van der Waals surface area contributed by atoms with Gasteiger partial charge < -0.3 is 36.4 Å². The Morgan fingerprint density at radius 1 is 0.657 bits per heavy atom. The molecule has 2 bridgehead atoms. The van der Waals surface area contributed by atoms with E-state index in [1.54, 1.807) is 6.07 Å². The number of aliphatic carboxylic acids is 4. The predicted octanol–water partition coefficient (Wildman–Crippen LogP) is 6.30. The maximum Gasteiger partial charge on any atom is 0.490 e. The molecule has 372 valence electrons. The number of carbonyl (C=O) groups excluding carboxylic acids is 1. The zero-order valence-corrected chi connectivity index (χ0v) is 34.6. The minimum Gasteiger partial charge on any atom is -0.475 e. The number of carboxylic acid groups (broad SMARTS) is 4. The normalized spacial score (nSPS) is 18.3. The van der Waals surface area contributed by atoms with Crippen LogP contribution < -0.4 is 16.0 Å². The van der Waals surface area contributed by atoms with Gasteiger partial charge >= 0.3 is 48.6 Å². The number of carbonyl (C=O) groups is 5. The van der Waals surface area contributed by atoms with Gasteiger partial charge in [0.1, 0.15) is 5.82 Å². The fourth-order valence-corrected chi connectivity index (χ4v) is 6.33. The molecule has 3 heterocycles. The summed E-state index contributed by atoms with van der Waals surface area (Å²) in [6, 6.07) is 22.9. The van der Waals surface area contributed by atoms with Gasteiger partial charge in [-0.15, -0.1) is 0 Å². The van der Waals surface area contributed by atoms with Crippen LogP contribution in [0.5, 0.6) is 0 Å². The van der Waals surface area contributed by atoms with Crippen LogP contribution >= 0.6 is 0 Å². The van der Waals surface area contributed by atoms with Crippen LogP contribution in [0.3, 0.4) is 0 Å². The van der Waals surface area contributed by atoms with Gasteiger partial charge in [0.05, 0.1) is 0 Å². The van der Waals surface area contributed by atoms with Crippen LogP contribution in [-0.2, 0) is 38.8 Å². The van der Waals surface area contributed by atoms with Crippen molar-refractivity contribution in [3.8, 4) is 11.1 Å². The number of carboxylic acids is 4. The fraction of sp³-hybridized carbons (Fsp3) is 0.425. The molecule has 3 aromatic rings. The Kier molecular flexibility index (Phi) is 21.0. The van der Waals surface area contributed by atoms with Gasteiger partial charge in [-0.2, -0.15) is 52.7 Å². The number of rotatable bonds is 8. The van der Waals surface area contributed by atoms with E-state index >= 15 is 0 Å². The Bertz CT molecular complexity index is 2060. The van der Waals surface area contributed by atoms with Crippen molar-refractivity contribution < 1.29 is 101 Å². The summed E-state index contributed by atoms with van der Waals surface area (Å²) in [7, 11) is 0. The number of fused-ring (bicyclic) bond motifs is 2. The highest BCUT2D eigenvalue weighted by atomic mass is 19.4. The molecule has 6 rings (SSSR count). The van der Waals surface area contributed by atoms with Gasteiger partial charge in [-0.05, 0) is 65.9 Å². The van der Waals surface area contributed by atoms with E-state index in [0.717, 1.165) is 62.5 Å². The van der Waals surface area contributed by atoms with Crippen LogP contribution in [0.2, 0.25) is 0 Å². The number of benzene rings is 3. The lowest BCUT2D eigenvalue weighted by Gasteiger charge is -2.31. The maximum atomic E-state index is 14.9. The zero-order chi connectivity index (χ0) is 51.1. The SMILES string of the molecule is C[C@H]1CN(Cc2cccc(-c3cc(CNC(=O)c4cccc(CN5C[C@@H]6C[C@H]5CN6)c4)ccc3F)c2)CCN1.O=C(O)C(F)(F)F.O=C(O)C(F)(F)F.O=C(O)C(F)(F)F.O=C(O)C(F)(F)F. The summed E-state index contributed by atoms with van der Waals surface area (Å²) < 4.78 is 142. The van der Waals surface area contributed by atoms with Crippen LogP contribution in [0.1, 0.15) is 40.4 Å². The highest BCUT2D eigenvalue weighted by Crippen LogP contribution is 2.27. The Hall–Kier alpha value is -6.06. The van der Waals surface area contributed by atoms with E-state index in [4.69, 9.17) is 39.6 Å². The van der Waals surface area contributed by atoms with Gasteiger partial charge in [0.2, 0.25) is 0 Å². The summed E-state index contributed by atoms with van der Waals surface area (Å²) in [6.07, 6.45) is -19.1. The van der Waals surface area contributed by atoms with Crippen molar-refractivity contribution in [2.45, 2.75) is 75.8 Å². The zero-order valence-electron chi connectivity index (χ0n) is 34.6. The van der Waals surface area contributed by atoms with E-state index in [1.807, 2.05) is 36.4 Å². The van der Waals surface area contributed by atoms with Gasteiger partial charge in [0, 0.05) is 81.6 Å². The lowest BCUT2D eigenvalue weighted by molar-refractivity contribution is -0.193. The van der Waals surface area contributed by atoms with Crippen molar-refractivity contribution in [2.24, 2.45) is 0 Å². The third-order valence-electron chi connectivity index (χ3n) is 9.30. The molecule has 3 aromatic carbocycles. The molecule has 0 radical (unpaired) electrons. The average Bonchev–Trinajstić information content (AvgIpc) is 3.84. The molecule has 0 unspecified atom stereocenters. The second-order valence-corrected chi connectivity index (χ2v) is 14.6. The van der Waals surface area contributed by atoms with Crippen molar-refractivity contribution in [3.63, 3.8) is 0 Å². The van der Waals surface area contributed by atoms with Gasteiger partial charge in [0.15, 0.2) is 0 Å². The van der Waals surface area contributed by atoms with E-state index in [9.17, 15) is 61.9 Å². The monoisotopic (exact) mass is 983 g/mol. The Morgan fingerprint density at radius 3 is 1.63 bits per heavy atom. The number of halogens is 13. The smallest absolute Gasteiger partial charge is 0.475 e. The van der Waals surface area contributed by atoms with E-state index in [-0.39, 0.29) is 11.7 Å². The summed E-state index contributed by atoms with van der Waals surface area (Å²) in [5.74, 6) is -11.4. The largest absolute Gasteiger partial charge is 0.490 e. The molecule has 3 aliphatic heterocycles. The molecule has 67 heavy (non-hydrogen) atoms. The van der Waals surface area contributed by atoms with Gasteiger partial charge in [-0.1, -0.05) is 36.4 Å². The molecule has 1 amide bonds. The number of nitrogens with one attached hydrogen (secondary N) is 3. The number of nitrogens with zero attached hydrogens (tertiary/aromatic N) is 2. The molecule has 0 aliphatic carbocycles. The Balaban J connectivity index is 0.000000447. The molecule has 0 aromatic heterocycles. The molecular weight excluding hydrogens is 941 g/mol. The first-order chi connectivity index (χ1) is 30.8. The second-order valence-electron chi connectivity index (χ2n) is 14.6. The molecule has 3 fully saturated rings. The van der Waals surface area contributed by atoms with Crippen molar-refractivity contribution in [3.05, 3.63) is 94.8 Å². The molecule has 14 nitrogen and oxygen atoms in total. The van der Waals surface area contributed by atoms with Crippen molar-refractivity contribution in [2.75, 3.05) is 32.7 Å². The molecule has 27 heteroatoms. The molecule has 0 saturated carbocycles. The number of likely N-dealkylation sites (tertiary alicyclic amines) is 1. The molecule has 7 N–H and O–H groups in total.